The molecule has 42 heavy (non-hydrogen) atoms. The Kier molecular flexibility index (Phi) is 8.08. The van der Waals surface area contributed by atoms with Crippen LogP contribution in [0.25, 0.3) is 10.9 Å². The topological polar surface area (TPSA) is 204 Å². The lowest BCUT2D eigenvalue weighted by Gasteiger charge is -2.50. The van der Waals surface area contributed by atoms with Gasteiger partial charge in [-0.3, -0.25) is 14.1 Å². The molecule has 1 atom stereocenters. The molecular formula is C24H31N8O8S2+. The quantitative estimate of drug-likeness (QED) is 0.0499. The van der Waals surface area contributed by atoms with Crippen LogP contribution in [0.4, 0.5) is 5.13 Å². The highest BCUT2D eigenvalue weighted by Crippen LogP contribution is 2.33. The number of anilines is 1. The monoisotopic (exact) mass is 623 g/mol. The number of hydrogen-bond acceptors (Lipinski definition) is 12. The van der Waals surface area contributed by atoms with Gasteiger partial charge in [0.25, 0.3) is 11.8 Å². The van der Waals surface area contributed by atoms with Crippen LogP contribution in [0.5, 0.6) is 5.75 Å². The minimum absolute atomic E-state index is 0.0122. The second-order valence-electron chi connectivity index (χ2n) is 10.4. The van der Waals surface area contributed by atoms with Crippen molar-refractivity contribution < 1.29 is 41.1 Å². The van der Waals surface area contributed by atoms with Crippen LogP contribution in [0.3, 0.4) is 0 Å². The number of nitrogens with two attached hydrogens (primary N) is 1. The fourth-order valence-corrected chi connectivity index (χ4v) is 5.68. The Balaban J connectivity index is 1.20. The summed E-state index contributed by atoms with van der Waals surface area (Å²) in [4.78, 5) is 35.0. The summed E-state index contributed by atoms with van der Waals surface area (Å²) in [5.74, 6) is -0.452. The molecule has 0 radical (unpaired) electrons. The number of fused-ring (bicyclic) bond motifs is 1. The number of carbonyl (C=O) groups is 2. The Hall–Kier alpha value is -3.84. The maximum Gasteiger partial charge on any atom is 0.418 e. The van der Waals surface area contributed by atoms with Gasteiger partial charge >= 0.3 is 10.4 Å². The number of ether oxygens (including phenoxy) is 1. The van der Waals surface area contributed by atoms with E-state index < -0.39 is 33.8 Å². The molecule has 2 saturated heterocycles. The first kappa shape index (κ1) is 29.6. The summed E-state index contributed by atoms with van der Waals surface area (Å²) in [6.07, 6.45) is 2.04. The average molecular weight is 624 g/mol. The molecule has 5 rings (SSSR count). The molecule has 2 aliphatic heterocycles. The lowest BCUT2D eigenvalue weighted by molar-refractivity contribution is -0.751. The highest BCUT2D eigenvalue weighted by molar-refractivity contribution is 7.80. The minimum Gasteiger partial charge on any atom is -0.490 e. The highest BCUT2D eigenvalue weighted by atomic mass is 32.3. The van der Waals surface area contributed by atoms with Gasteiger partial charge in [-0.2, -0.15) is 18.2 Å². The smallest absolute Gasteiger partial charge is 0.418 e. The van der Waals surface area contributed by atoms with Crippen molar-refractivity contribution in [2.75, 3.05) is 32.0 Å². The Bertz CT molecular complexity index is 1650. The molecule has 18 heteroatoms. The highest BCUT2D eigenvalue weighted by Gasteiger charge is 2.58. The number of β-lactam (4-membered cyclic amide) rings is 1. The lowest BCUT2D eigenvalue weighted by atomic mass is 9.84. The zero-order valence-corrected chi connectivity index (χ0v) is 24.6. The number of hydroxylamine groups is 2. The number of thiazole rings is 1. The van der Waals surface area contributed by atoms with Crippen LogP contribution in [0.2, 0.25) is 0 Å². The van der Waals surface area contributed by atoms with Gasteiger partial charge in [0.15, 0.2) is 24.5 Å². The molecule has 2 aromatic heterocycles. The van der Waals surface area contributed by atoms with Crippen molar-refractivity contribution in [1.29, 1.82) is 0 Å². The zero-order valence-electron chi connectivity index (χ0n) is 23.0. The van der Waals surface area contributed by atoms with Gasteiger partial charge in [0.2, 0.25) is 6.20 Å². The Labute approximate surface area is 244 Å². The summed E-state index contributed by atoms with van der Waals surface area (Å²) in [5, 5.41) is 12.9. The Morgan fingerprint density at radius 2 is 2.12 bits per heavy atom. The molecule has 16 nitrogen and oxygen atoms in total. The van der Waals surface area contributed by atoms with Crippen LogP contribution in [0.15, 0.2) is 34.9 Å². The van der Waals surface area contributed by atoms with Gasteiger partial charge in [0.1, 0.15) is 29.6 Å². The van der Waals surface area contributed by atoms with Crippen molar-refractivity contribution in [3.8, 4) is 5.75 Å². The third-order valence-corrected chi connectivity index (χ3v) is 7.99. The summed E-state index contributed by atoms with van der Waals surface area (Å²) < 4.78 is 45.5. The second kappa shape index (κ2) is 11.4. The van der Waals surface area contributed by atoms with E-state index in [2.05, 4.69) is 34.4 Å². The molecule has 3 aromatic rings. The van der Waals surface area contributed by atoms with E-state index in [1.807, 2.05) is 31.4 Å². The first-order chi connectivity index (χ1) is 19.8. The van der Waals surface area contributed by atoms with Gasteiger partial charge in [0, 0.05) is 24.4 Å². The molecule has 226 valence electrons. The Morgan fingerprint density at radius 3 is 2.74 bits per heavy atom. The lowest BCUT2D eigenvalue weighted by Crippen LogP contribution is -2.76. The SMILES string of the molecule is C[n+]1cc2cc(OCCO/N=C(\C(=O)NC3C(=O)N(OS(=O)(=O)O)C3(C)C)c3csc(N)n3)ccc2n1CC1CNC1. The molecular weight excluding hydrogens is 592 g/mol. The number of nitrogens with zero attached hydrogens (tertiary/aromatic N) is 5. The molecule has 2 amide bonds. The van der Waals surface area contributed by atoms with E-state index in [9.17, 15) is 18.0 Å². The van der Waals surface area contributed by atoms with Crippen molar-refractivity contribution in [3.05, 3.63) is 35.5 Å². The van der Waals surface area contributed by atoms with E-state index >= 15 is 0 Å². The van der Waals surface area contributed by atoms with Crippen molar-refractivity contribution >= 4 is 55.3 Å². The van der Waals surface area contributed by atoms with Gasteiger partial charge in [-0.15, -0.1) is 20.3 Å². The molecule has 0 aliphatic carbocycles. The van der Waals surface area contributed by atoms with Crippen LogP contribution in [-0.4, -0.2) is 83.1 Å². The van der Waals surface area contributed by atoms with E-state index in [4.69, 9.17) is 19.9 Å². The van der Waals surface area contributed by atoms with Crippen LogP contribution in [0.1, 0.15) is 19.5 Å². The zero-order chi connectivity index (χ0) is 30.2. The number of benzene rings is 1. The van der Waals surface area contributed by atoms with Crippen molar-refractivity contribution in [2.45, 2.75) is 32.0 Å². The predicted molar refractivity (Wildman–Crippen MR) is 149 cm³/mol. The maximum atomic E-state index is 13.1. The number of hydrogen-bond donors (Lipinski definition) is 4. The average Bonchev–Trinajstić information content (AvgIpc) is 3.46. The Morgan fingerprint density at radius 1 is 1.36 bits per heavy atom. The maximum absolute atomic E-state index is 13.1. The van der Waals surface area contributed by atoms with Gasteiger partial charge in [0.05, 0.1) is 17.5 Å². The molecule has 1 unspecified atom stereocenters. The van der Waals surface area contributed by atoms with E-state index in [1.54, 1.807) is 0 Å². The van der Waals surface area contributed by atoms with Gasteiger partial charge in [-0.1, -0.05) is 5.16 Å². The number of oxime groups is 1. The minimum atomic E-state index is -4.94. The van der Waals surface area contributed by atoms with Crippen molar-refractivity contribution in [2.24, 2.45) is 18.1 Å². The normalized spacial score (nSPS) is 19.0. The summed E-state index contributed by atoms with van der Waals surface area (Å²) in [5.41, 5.74) is 5.38. The standard InChI is InChI=1S/C24H30N8O8S2/c1-24(2)20(22(34)32(24)40-42(35,36)37)28-21(33)19(17-13-41-23(25)27-17)29-39-7-6-38-16-4-5-18-15(8-16)12-30(3)31(18)11-14-9-26-10-14/h4-5,8,12-14,20,26H,6-7,9-11H2,1-3H3,(H3-,25,27,28,33,35,36,37)/p+1/b29-19-. The molecule has 4 heterocycles. The van der Waals surface area contributed by atoms with Gasteiger partial charge < -0.3 is 25.9 Å². The number of aromatic nitrogens is 3. The van der Waals surface area contributed by atoms with Crippen LogP contribution < -0.4 is 25.8 Å². The third kappa shape index (κ3) is 6.16. The number of aryl methyl sites for hydroxylation is 1. The summed E-state index contributed by atoms with van der Waals surface area (Å²) in [6, 6.07) is 4.64. The van der Waals surface area contributed by atoms with Crippen LogP contribution in [-0.2, 0) is 42.7 Å². The number of rotatable bonds is 12. The number of carbonyl (C=O) groups excluding carboxylic acids is 2. The largest absolute Gasteiger partial charge is 0.490 e. The van der Waals surface area contributed by atoms with E-state index in [0.717, 1.165) is 41.9 Å². The number of amides is 2. The molecule has 5 N–H and O–H groups in total. The predicted octanol–water partition coefficient (Wildman–Crippen LogP) is -0.636. The van der Waals surface area contributed by atoms with E-state index in [-0.39, 0.29) is 29.8 Å². The van der Waals surface area contributed by atoms with Gasteiger partial charge in [-0.05, 0) is 32.0 Å². The second-order valence-corrected chi connectivity index (χ2v) is 12.3. The molecule has 0 bridgehead atoms. The van der Waals surface area contributed by atoms with Crippen molar-refractivity contribution in [3.63, 3.8) is 0 Å². The first-order valence-corrected chi connectivity index (χ1v) is 15.1. The van der Waals surface area contributed by atoms with Crippen molar-refractivity contribution in [1.82, 2.24) is 25.4 Å². The number of nitrogen functional groups attached to an aromatic ring is 1. The fraction of sp³-hybridized carbons (Fsp3) is 0.458. The van der Waals surface area contributed by atoms with E-state index in [0.29, 0.717) is 16.7 Å². The van der Waals surface area contributed by atoms with Crippen LogP contribution >= 0.6 is 11.3 Å². The third-order valence-electron chi connectivity index (χ3n) is 6.98. The molecule has 1 aromatic carbocycles. The summed E-state index contributed by atoms with van der Waals surface area (Å²) in [7, 11) is -2.93. The van der Waals surface area contributed by atoms with Crippen LogP contribution in [0, 0.1) is 5.92 Å². The van der Waals surface area contributed by atoms with E-state index in [1.165, 1.54) is 19.2 Å². The summed E-state index contributed by atoms with van der Waals surface area (Å²) >= 11 is 1.08. The van der Waals surface area contributed by atoms with Gasteiger partial charge in [-0.25, -0.2) is 4.98 Å². The summed E-state index contributed by atoms with van der Waals surface area (Å²) in [6.45, 7) is 5.96. The number of nitrogens with one attached hydrogen (secondary N) is 2. The molecule has 0 saturated carbocycles. The molecule has 2 aliphatic rings. The fourth-order valence-electron chi connectivity index (χ4n) is 4.68. The molecule has 2 fully saturated rings. The molecule has 0 spiro atoms. The first-order valence-electron chi connectivity index (χ1n) is 12.9.